The Morgan fingerprint density at radius 2 is 1.80 bits per heavy atom. The smallest absolute Gasteiger partial charge is 0.343 e. The fraction of sp³-hybridized carbons (Fsp3) is 0.231. The van der Waals surface area contributed by atoms with Gasteiger partial charge in [-0.2, -0.15) is 0 Å². The van der Waals surface area contributed by atoms with Gasteiger partial charge in [-0.05, 0) is 12.1 Å². The Hall–Kier alpha value is -2.70. The quantitative estimate of drug-likeness (QED) is 0.268. The predicted octanol–water partition coefficient (Wildman–Crippen LogP) is 1.74. The molecule has 0 fully saturated rings. The van der Waals surface area contributed by atoms with Crippen LogP contribution in [0.2, 0.25) is 0 Å². The summed E-state index contributed by atoms with van der Waals surface area (Å²) in [5.74, 6) is -1.24. The number of ketones is 1. The molecule has 1 aromatic carbocycles. The van der Waals surface area contributed by atoms with Crippen LogP contribution in [0.1, 0.15) is 17.3 Å². The van der Waals surface area contributed by atoms with Crippen molar-refractivity contribution < 1.29 is 19.2 Å². The van der Waals surface area contributed by atoms with Crippen LogP contribution in [0.15, 0.2) is 36.2 Å². The number of hydrogen-bond acceptors (Lipinski definition) is 6. The van der Waals surface area contributed by atoms with Crippen LogP contribution in [-0.4, -0.2) is 35.7 Å². The molecule has 1 aromatic rings. The molecule has 0 unspecified atom stereocenters. The van der Waals surface area contributed by atoms with Crippen molar-refractivity contribution in [3.05, 3.63) is 51.9 Å². The Bertz CT molecular complexity index is 561. The molecule has 106 valence electrons. The highest BCUT2D eigenvalue weighted by Crippen LogP contribution is 2.14. The number of nitro groups is 1. The van der Waals surface area contributed by atoms with Crippen LogP contribution in [0, 0.1) is 10.1 Å². The van der Waals surface area contributed by atoms with Crippen molar-refractivity contribution >= 4 is 17.4 Å². The standard InChI is InChI=1S/C13H14N2O5/c1-9(16)12(8-14(2)3)20-13(17)10-4-6-11(7-5-10)15(18)19/h4-8H,1-3H3/b12-8-. The fourth-order valence-corrected chi connectivity index (χ4v) is 1.30. The molecule has 0 aliphatic rings. The molecule has 0 bridgehead atoms. The second kappa shape index (κ2) is 6.46. The van der Waals surface area contributed by atoms with E-state index in [-0.39, 0.29) is 17.0 Å². The number of carbonyl (C=O) groups excluding carboxylic acids is 2. The summed E-state index contributed by atoms with van der Waals surface area (Å²) in [7, 11) is 3.37. The highest BCUT2D eigenvalue weighted by Gasteiger charge is 2.15. The zero-order valence-corrected chi connectivity index (χ0v) is 11.3. The summed E-state index contributed by atoms with van der Waals surface area (Å²) >= 11 is 0. The first kappa shape index (κ1) is 15.4. The van der Waals surface area contributed by atoms with Gasteiger partial charge in [0.2, 0.25) is 0 Å². The van der Waals surface area contributed by atoms with Crippen LogP contribution < -0.4 is 0 Å². The largest absolute Gasteiger partial charge is 0.418 e. The van der Waals surface area contributed by atoms with E-state index < -0.39 is 16.7 Å². The summed E-state index contributed by atoms with van der Waals surface area (Å²) in [5.41, 5.74) is -0.00122. The molecule has 0 spiro atoms. The van der Waals surface area contributed by atoms with Gasteiger partial charge in [-0.1, -0.05) is 0 Å². The number of benzene rings is 1. The molecule has 0 N–H and O–H groups in total. The molecule has 0 saturated carbocycles. The topological polar surface area (TPSA) is 89.8 Å². The normalized spacial score (nSPS) is 10.8. The summed E-state index contributed by atoms with van der Waals surface area (Å²) in [6.45, 7) is 1.28. The van der Waals surface area contributed by atoms with Crippen LogP contribution in [0.25, 0.3) is 0 Å². The average Bonchev–Trinajstić information content (AvgIpc) is 2.37. The Kier molecular flexibility index (Phi) is 4.96. The van der Waals surface area contributed by atoms with Crippen molar-refractivity contribution in [2.45, 2.75) is 6.92 Å². The maximum atomic E-state index is 11.8. The molecule has 20 heavy (non-hydrogen) atoms. The zero-order chi connectivity index (χ0) is 15.3. The summed E-state index contributed by atoms with van der Waals surface area (Å²) in [6.07, 6.45) is 1.38. The number of hydrogen-bond donors (Lipinski definition) is 0. The Balaban J connectivity index is 2.89. The number of non-ortho nitro benzene ring substituents is 1. The molecule has 0 saturated heterocycles. The van der Waals surface area contributed by atoms with Gasteiger partial charge in [0.05, 0.1) is 10.5 Å². The second-order valence-corrected chi connectivity index (χ2v) is 4.21. The lowest BCUT2D eigenvalue weighted by atomic mass is 10.2. The van der Waals surface area contributed by atoms with E-state index in [0.29, 0.717) is 0 Å². The molecule has 0 atom stereocenters. The van der Waals surface area contributed by atoms with E-state index in [1.165, 1.54) is 37.4 Å². The van der Waals surface area contributed by atoms with Gasteiger partial charge in [-0.25, -0.2) is 4.79 Å². The van der Waals surface area contributed by atoms with Gasteiger partial charge in [0.25, 0.3) is 5.69 Å². The first-order valence-electron chi connectivity index (χ1n) is 5.67. The van der Waals surface area contributed by atoms with Gasteiger partial charge < -0.3 is 9.64 Å². The van der Waals surface area contributed by atoms with Gasteiger partial charge in [-0.15, -0.1) is 0 Å². The van der Waals surface area contributed by atoms with Crippen LogP contribution in [-0.2, 0) is 9.53 Å². The second-order valence-electron chi connectivity index (χ2n) is 4.21. The Morgan fingerprint density at radius 3 is 2.20 bits per heavy atom. The lowest BCUT2D eigenvalue weighted by Crippen LogP contribution is -2.14. The van der Waals surface area contributed by atoms with Crippen molar-refractivity contribution in [2.24, 2.45) is 0 Å². The molecule has 0 heterocycles. The molecule has 0 amide bonds. The van der Waals surface area contributed by atoms with E-state index in [0.717, 1.165) is 0 Å². The maximum Gasteiger partial charge on any atom is 0.343 e. The molecule has 7 heteroatoms. The first-order chi connectivity index (χ1) is 9.31. The molecule has 1 rings (SSSR count). The average molecular weight is 278 g/mol. The highest BCUT2D eigenvalue weighted by molar-refractivity contribution is 5.97. The Labute approximate surface area is 115 Å². The molecule has 7 nitrogen and oxygen atoms in total. The van der Waals surface area contributed by atoms with Gasteiger partial charge in [0, 0.05) is 39.4 Å². The number of rotatable bonds is 5. The van der Waals surface area contributed by atoms with Gasteiger partial charge >= 0.3 is 5.97 Å². The number of ether oxygens (including phenoxy) is 1. The lowest BCUT2D eigenvalue weighted by molar-refractivity contribution is -0.384. The maximum absolute atomic E-state index is 11.8. The monoisotopic (exact) mass is 278 g/mol. The van der Waals surface area contributed by atoms with Crippen LogP contribution in [0.4, 0.5) is 5.69 Å². The minimum Gasteiger partial charge on any atom is -0.418 e. The van der Waals surface area contributed by atoms with Gasteiger partial charge in [-0.3, -0.25) is 14.9 Å². The molecule has 0 radical (unpaired) electrons. The summed E-state index contributed by atoms with van der Waals surface area (Å²) in [6, 6.07) is 4.93. The number of Topliss-reactive ketones (excluding diaryl/α,β-unsaturated/α-hetero) is 1. The Morgan fingerprint density at radius 1 is 1.25 bits per heavy atom. The minimum atomic E-state index is -0.747. The number of nitrogens with zero attached hydrogens (tertiary/aromatic N) is 2. The van der Waals surface area contributed by atoms with Crippen molar-refractivity contribution in [3.8, 4) is 0 Å². The molecule has 0 aromatic heterocycles. The van der Waals surface area contributed by atoms with Gasteiger partial charge in [0.1, 0.15) is 0 Å². The number of allylic oxidation sites excluding steroid dienone is 1. The van der Waals surface area contributed by atoms with Crippen molar-refractivity contribution in [1.82, 2.24) is 4.90 Å². The van der Waals surface area contributed by atoms with Gasteiger partial charge in [0.15, 0.2) is 11.5 Å². The van der Waals surface area contributed by atoms with Crippen LogP contribution in [0.3, 0.4) is 0 Å². The van der Waals surface area contributed by atoms with E-state index in [4.69, 9.17) is 4.74 Å². The van der Waals surface area contributed by atoms with E-state index >= 15 is 0 Å². The molecule has 0 aliphatic carbocycles. The van der Waals surface area contributed by atoms with E-state index in [2.05, 4.69) is 0 Å². The summed E-state index contributed by atoms with van der Waals surface area (Å²) in [4.78, 5) is 34.6. The van der Waals surface area contributed by atoms with E-state index in [1.54, 1.807) is 19.0 Å². The van der Waals surface area contributed by atoms with Crippen molar-refractivity contribution in [1.29, 1.82) is 0 Å². The van der Waals surface area contributed by atoms with Crippen molar-refractivity contribution in [3.63, 3.8) is 0 Å². The molecular weight excluding hydrogens is 264 g/mol. The van der Waals surface area contributed by atoms with Crippen molar-refractivity contribution in [2.75, 3.05) is 14.1 Å². The molecular formula is C13H14N2O5. The van der Waals surface area contributed by atoms with E-state index in [1.807, 2.05) is 0 Å². The highest BCUT2D eigenvalue weighted by atomic mass is 16.6. The van der Waals surface area contributed by atoms with E-state index in [9.17, 15) is 19.7 Å². The van der Waals surface area contributed by atoms with Crippen LogP contribution in [0.5, 0.6) is 0 Å². The summed E-state index contributed by atoms with van der Waals surface area (Å²) < 4.78 is 4.97. The third-order valence-electron chi connectivity index (χ3n) is 2.24. The SMILES string of the molecule is CC(=O)/C(=C/N(C)C)OC(=O)c1ccc([N+](=O)[O-])cc1. The number of esters is 1. The zero-order valence-electron chi connectivity index (χ0n) is 11.3. The summed E-state index contributed by atoms with van der Waals surface area (Å²) in [5, 5.41) is 10.5. The third-order valence-corrected chi connectivity index (χ3v) is 2.24. The lowest BCUT2D eigenvalue weighted by Gasteiger charge is -2.10. The molecule has 0 aliphatic heterocycles. The van der Waals surface area contributed by atoms with Crippen LogP contribution >= 0.6 is 0 Å². The number of carbonyl (C=O) groups is 2. The minimum absolute atomic E-state index is 0.0987. The predicted molar refractivity (Wildman–Crippen MR) is 71.0 cm³/mol. The fourth-order valence-electron chi connectivity index (χ4n) is 1.30. The third kappa shape index (κ3) is 4.20. The number of nitro benzene ring substituents is 1. The first-order valence-corrected chi connectivity index (χ1v) is 5.67.